The Morgan fingerprint density at radius 3 is 3.07 bits per heavy atom. The molecule has 0 saturated carbocycles. The van der Waals surface area contributed by atoms with E-state index in [4.69, 9.17) is 9.84 Å². The Morgan fingerprint density at radius 2 is 2.43 bits per heavy atom. The Balaban J connectivity index is 2.29. The Hall–Kier alpha value is -1.35. The number of hydrogen-bond acceptors (Lipinski definition) is 3. The summed E-state index contributed by atoms with van der Waals surface area (Å²) in [5, 5.41) is 8.92. The molecule has 1 aliphatic carbocycles. The average molecular weight is 192 g/mol. The van der Waals surface area contributed by atoms with Crippen LogP contribution in [0.4, 0.5) is 0 Å². The first-order valence-electron chi connectivity index (χ1n) is 4.60. The molecule has 1 N–H and O–H groups in total. The highest BCUT2D eigenvalue weighted by molar-refractivity contribution is 5.95. The van der Waals surface area contributed by atoms with Crippen LogP contribution in [0.5, 0.6) is 0 Å². The number of allylic oxidation sites excluding steroid dienone is 2. The quantitative estimate of drug-likeness (QED) is 0.709. The highest BCUT2D eigenvalue weighted by atomic mass is 16.5. The van der Waals surface area contributed by atoms with Crippen molar-refractivity contribution in [1.82, 2.24) is 0 Å². The number of rotatable bonds is 2. The lowest BCUT2D eigenvalue weighted by atomic mass is 9.88. The minimum atomic E-state index is -0.110. The van der Waals surface area contributed by atoms with Gasteiger partial charge in [-0.3, -0.25) is 4.79 Å². The minimum absolute atomic E-state index is 0.0142. The topological polar surface area (TPSA) is 46.5 Å². The summed E-state index contributed by atoms with van der Waals surface area (Å²) in [7, 11) is 0. The van der Waals surface area contributed by atoms with Gasteiger partial charge in [0.15, 0.2) is 5.78 Å². The van der Waals surface area contributed by atoms with Crippen molar-refractivity contribution in [1.29, 1.82) is 0 Å². The zero-order chi connectivity index (χ0) is 10.1. The second kappa shape index (κ2) is 3.42. The first-order valence-corrected chi connectivity index (χ1v) is 4.60. The van der Waals surface area contributed by atoms with Crippen molar-refractivity contribution in [2.24, 2.45) is 5.92 Å². The molecule has 0 aromatic heterocycles. The molecule has 2 aliphatic rings. The summed E-state index contributed by atoms with van der Waals surface area (Å²) in [6.45, 7) is 1.44. The molecule has 1 heterocycles. The van der Waals surface area contributed by atoms with Crippen LogP contribution in [0, 0.1) is 5.92 Å². The molecule has 0 aromatic carbocycles. The number of aliphatic hydroxyl groups is 1. The van der Waals surface area contributed by atoms with Crippen LogP contribution in [0.15, 0.2) is 35.6 Å². The summed E-state index contributed by atoms with van der Waals surface area (Å²) in [6, 6.07) is 0. The van der Waals surface area contributed by atoms with E-state index in [-0.39, 0.29) is 24.4 Å². The number of ether oxygens (including phenoxy) is 1. The third-order valence-corrected chi connectivity index (χ3v) is 2.50. The standard InChI is InChI=1S/C11H12O3/c1-7(13)9-3-2-4-11-10(9)5-8(6-12)14-11/h2-5,10-12H,6H2,1H3. The maximum Gasteiger partial charge on any atom is 0.156 e. The van der Waals surface area contributed by atoms with E-state index in [2.05, 4.69) is 0 Å². The molecule has 0 aromatic rings. The third kappa shape index (κ3) is 1.40. The monoisotopic (exact) mass is 192 g/mol. The van der Waals surface area contributed by atoms with Gasteiger partial charge in [0.25, 0.3) is 0 Å². The van der Waals surface area contributed by atoms with Gasteiger partial charge < -0.3 is 9.84 Å². The molecule has 1 aliphatic heterocycles. The van der Waals surface area contributed by atoms with Crippen molar-refractivity contribution in [3.05, 3.63) is 35.6 Å². The fraction of sp³-hybridized carbons (Fsp3) is 0.364. The van der Waals surface area contributed by atoms with Gasteiger partial charge >= 0.3 is 0 Å². The van der Waals surface area contributed by atoms with Gasteiger partial charge in [-0.25, -0.2) is 0 Å². The van der Waals surface area contributed by atoms with Gasteiger partial charge in [-0.2, -0.15) is 0 Å². The van der Waals surface area contributed by atoms with Gasteiger partial charge in [0, 0.05) is 11.5 Å². The number of Topliss-reactive ketones (excluding diaryl/α,β-unsaturated/α-hetero) is 1. The van der Waals surface area contributed by atoms with E-state index in [1.165, 1.54) is 0 Å². The van der Waals surface area contributed by atoms with Crippen molar-refractivity contribution in [2.75, 3.05) is 6.61 Å². The SMILES string of the molecule is CC(=O)C1=CC=CC2OC(CO)=CC12. The minimum Gasteiger partial charge on any atom is -0.488 e. The molecule has 2 rings (SSSR count). The number of hydrogen-bond donors (Lipinski definition) is 1. The molecule has 0 fully saturated rings. The van der Waals surface area contributed by atoms with Crippen LogP contribution >= 0.6 is 0 Å². The number of carbonyl (C=O) groups is 1. The van der Waals surface area contributed by atoms with Gasteiger partial charge in [-0.15, -0.1) is 0 Å². The summed E-state index contributed by atoms with van der Waals surface area (Å²) in [5.41, 5.74) is 0.751. The predicted octanol–water partition coefficient (Wildman–Crippen LogP) is 0.963. The number of aliphatic hydroxyl groups excluding tert-OH is 1. The van der Waals surface area contributed by atoms with Crippen LogP contribution in [0.2, 0.25) is 0 Å². The number of ketones is 1. The molecule has 0 saturated heterocycles. The Kier molecular flexibility index (Phi) is 2.25. The lowest BCUT2D eigenvalue weighted by molar-refractivity contribution is -0.114. The summed E-state index contributed by atoms with van der Waals surface area (Å²) < 4.78 is 5.43. The average Bonchev–Trinajstić information content (AvgIpc) is 2.59. The van der Waals surface area contributed by atoms with Crippen molar-refractivity contribution >= 4 is 5.78 Å². The summed E-state index contributed by atoms with van der Waals surface area (Å²) in [6.07, 6.45) is 7.24. The van der Waals surface area contributed by atoms with E-state index in [1.54, 1.807) is 6.92 Å². The van der Waals surface area contributed by atoms with Crippen molar-refractivity contribution < 1.29 is 14.6 Å². The summed E-state index contributed by atoms with van der Waals surface area (Å²) >= 11 is 0. The highest BCUT2D eigenvalue weighted by Gasteiger charge is 2.32. The lowest BCUT2D eigenvalue weighted by Gasteiger charge is -2.19. The smallest absolute Gasteiger partial charge is 0.156 e. The number of fused-ring (bicyclic) bond motifs is 1. The van der Waals surface area contributed by atoms with E-state index >= 15 is 0 Å². The summed E-state index contributed by atoms with van der Waals surface area (Å²) in [4.78, 5) is 11.3. The summed E-state index contributed by atoms with van der Waals surface area (Å²) in [5.74, 6) is 0.599. The van der Waals surface area contributed by atoms with Crippen molar-refractivity contribution in [3.63, 3.8) is 0 Å². The molecule has 2 atom stereocenters. The fourth-order valence-corrected chi connectivity index (χ4v) is 1.83. The zero-order valence-corrected chi connectivity index (χ0v) is 7.93. The molecular weight excluding hydrogens is 180 g/mol. The normalized spacial score (nSPS) is 29.0. The first kappa shape index (κ1) is 9.21. The van der Waals surface area contributed by atoms with Crippen LogP contribution in [-0.2, 0) is 9.53 Å². The second-order valence-electron chi connectivity index (χ2n) is 3.46. The van der Waals surface area contributed by atoms with Gasteiger partial charge in [0.2, 0.25) is 0 Å². The largest absolute Gasteiger partial charge is 0.488 e. The molecule has 2 unspecified atom stereocenters. The molecule has 3 nitrogen and oxygen atoms in total. The molecular formula is C11H12O3. The van der Waals surface area contributed by atoms with Crippen LogP contribution in [0.3, 0.4) is 0 Å². The Bertz CT molecular complexity index is 350. The maximum absolute atomic E-state index is 11.3. The van der Waals surface area contributed by atoms with E-state index in [9.17, 15) is 4.79 Å². The van der Waals surface area contributed by atoms with Gasteiger partial charge in [-0.05, 0) is 19.1 Å². The zero-order valence-electron chi connectivity index (χ0n) is 7.93. The van der Waals surface area contributed by atoms with E-state index in [1.807, 2.05) is 24.3 Å². The van der Waals surface area contributed by atoms with Crippen LogP contribution in [0.25, 0.3) is 0 Å². The molecule has 14 heavy (non-hydrogen) atoms. The van der Waals surface area contributed by atoms with E-state index in [0.29, 0.717) is 5.76 Å². The molecule has 0 spiro atoms. The van der Waals surface area contributed by atoms with Crippen molar-refractivity contribution in [3.8, 4) is 0 Å². The molecule has 3 heteroatoms. The highest BCUT2D eigenvalue weighted by Crippen LogP contribution is 2.32. The van der Waals surface area contributed by atoms with Gasteiger partial charge in [-0.1, -0.05) is 12.2 Å². The van der Waals surface area contributed by atoms with Crippen LogP contribution < -0.4 is 0 Å². The Morgan fingerprint density at radius 1 is 1.64 bits per heavy atom. The third-order valence-electron chi connectivity index (χ3n) is 2.50. The molecule has 0 radical (unpaired) electrons. The van der Waals surface area contributed by atoms with Gasteiger partial charge in [0.05, 0.1) is 0 Å². The first-order chi connectivity index (χ1) is 6.72. The molecule has 0 bridgehead atoms. The van der Waals surface area contributed by atoms with Gasteiger partial charge in [0.1, 0.15) is 18.5 Å². The van der Waals surface area contributed by atoms with E-state index in [0.717, 1.165) is 5.57 Å². The fourth-order valence-electron chi connectivity index (χ4n) is 1.83. The Labute approximate surface area is 82.4 Å². The maximum atomic E-state index is 11.3. The lowest BCUT2D eigenvalue weighted by Crippen LogP contribution is -2.21. The molecule has 0 amide bonds. The van der Waals surface area contributed by atoms with Crippen molar-refractivity contribution in [2.45, 2.75) is 13.0 Å². The predicted molar refractivity (Wildman–Crippen MR) is 51.4 cm³/mol. The van der Waals surface area contributed by atoms with E-state index < -0.39 is 0 Å². The van der Waals surface area contributed by atoms with Crippen LogP contribution in [0.1, 0.15) is 6.92 Å². The molecule has 74 valence electrons. The van der Waals surface area contributed by atoms with Crippen LogP contribution in [-0.4, -0.2) is 23.6 Å². The second-order valence-corrected chi connectivity index (χ2v) is 3.46. The number of carbonyl (C=O) groups excluding carboxylic acids is 1.